The number of nitrogens with one attached hydrogen (secondary N) is 2. The number of benzene rings is 2. The topological polar surface area (TPSA) is 95.5 Å². The lowest BCUT2D eigenvalue weighted by Crippen LogP contribution is -2.49. The van der Waals surface area contributed by atoms with Gasteiger partial charge in [0, 0.05) is 12.8 Å². The van der Waals surface area contributed by atoms with E-state index >= 15 is 0 Å². The number of aliphatic carboxylic acids is 1. The van der Waals surface area contributed by atoms with E-state index in [0.29, 0.717) is 6.42 Å². The third-order valence-electron chi connectivity index (χ3n) is 3.95. The molecule has 0 heterocycles. The number of amides is 2. The van der Waals surface area contributed by atoms with Crippen LogP contribution in [0.3, 0.4) is 0 Å². The van der Waals surface area contributed by atoms with Crippen LogP contribution in [0.2, 0.25) is 0 Å². The van der Waals surface area contributed by atoms with Crippen molar-refractivity contribution in [3.8, 4) is 0 Å². The highest BCUT2D eigenvalue weighted by atomic mass is 16.4. The molecule has 3 N–H and O–H groups in total. The van der Waals surface area contributed by atoms with Gasteiger partial charge in [0.2, 0.25) is 11.8 Å². The first-order chi connectivity index (χ1) is 12.5. The Morgan fingerprint density at radius 3 is 2.58 bits per heavy atom. The number of carbonyl (C=O) groups is 3. The first-order valence-electron chi connectivity index (χ1n) is 8.37. The molecule has 2 rings (SSSR count). The van der Waals surface area contributed by atoms with E-state index in [2.05, 4.69) is 17.2 Å². The fourth-order valence-electron chi connectivity index (χ4n) is 2.69. The molecular formula is C20H22N2O4. The molecular weight excluding hydrogens is 332 g/mol. The summed E-state index contributed by atoms with van der Waals surface area (Å²) in [5.41, 5.74) is 0.905. The van der Waals surface area contributed by atoms with Crippen molar-refractivity contribution in [3.05, 3.63) is 60.7 Å². The maximum absolute atomic E-state index is 12.4. The first kappa shape index (κ1) is 19.2. The van der Waals surface area contributed by atoms with Crippen molar-refractivity contribution in [3.63, 3.8) is 0 Å². The molecule has 0 spiro atoms. The third kappa shape index (κ3) is 5.44. The summed E-state index contributed by atoms with van der Waals surface area (Å²) in [6.07, 6.45) is 2.63. The molecule has 136 valence electrons. The van der Waals surface area contributed by atoms with E-state index in [0.717, 1.165) is 16.3 Å². The highest BCUT2D eigenvalue weighted by molar-refractivity contribution is 5.91. The van der Waals surface area contributed by atoms with Crippen LogP contribution < -0.4 is 10.6 Å². The second kappa shape index (κ2) is 9.36. The summed E-state index contributed by atoms with van der Waals surface area (Å²) in [7, 11) is 0. The summed E-state index contributed by atoms with van der Waals surface area (Å²) in [4.78, 5) is 35.2. The lowest BCUT2D eigenvalue weighted by Gasteiger charge is -2.19. The molecule has 6 heteroatoms. The van der Waals surface area contributed by atoms with Crippen molar-refractivity contribution < 1.29 is 19.5 Å². The van der Waals surface area contributed by atoms with Crippen LogP contribution in [-0.4, -0.2) is 35.5 Å². The van der Waals surface area contributed by atoms with Crippen LogP contribution in [0, 0.1) is 0 Å². The number of carbonyl (C=O) groups excluding carboxylic acids is 2. The number of carboxylic acid groups (broad SMARTS) is 1. The predicted octanol–water partition coefficient (Wildman–Crippen LogP) is 2.03. The molecule has 2 aromatic carbocycles. The van der Waals surface area contributed by atoms with Crippen molar-refractivity contribution in [2.24, 2.45) is 0 Å². The van der Waals surface area contributed by atoms with Gasteiger partial charge in [-0.05, 0) is 22.8 Å². The summed E-state index contributed by atoms with van der Waals surface area (Å²) in [5, 5.41) is 15.8. The van der Waals surface area contributed by atoms with Gasteiger partial charge in [-0.2, -0.15) is 0 Å². The molecule has 0 saturated heterocycles. The van der Waals surface area contributed by atoms with Crippen LogP contribution in [0.1, 0.15) is 18.4 Å². The van der Waals surface area contributed by atoms with Crippen LogP contribution >= 0.6 is 0 Å². The first-order valence-corrected chi connectivity index (χ1v) is 8.37. The number of hydrogen-bond acceptors (Lipinski definition) is 3. The maximum atomic E-state index is 12.4. The smallest absolute Gasteiger partial charge is 0.322 e. The number of allylic oxidation sites excluding steroid dienone is 1. The second-order valence-electron chi connectivity index (χ2n) is 5.90. The zero-order valence-electron chi connectivity index (χ0n) is 14.4. The minimum absolute atomic E-state index is 0.224. The average Bonchev–Trinajstić information content (AvgIpc) is 2.64. The highest BCUT2D eigenvalue weighted by Gasteiger charge is 2.22. The van der Waals surface area contributed by atoms with Gasteiger partial charge in [-0.1, -0.05) is 48.5 Å². The minimum Gasteiger partial charge on any atom is -0.480 e. The lowest BCUT2D eigenvalue weighted by atomic mass is 9.98. The van der Waals surface area contributed by atoms with E-state index in [1.54, 1.807) is 6.08 Å². The third-order valence-corrected chi connectivity index (χ3v) is 3.95. The van der Waals surface area contributed by atoms with Gasteiger partial charge in [-0.15, -0.1) is 6.58 Å². The second-order valence-corrected chi connectivity index (χ2v) is 5.90. The van der Waals surface area contributed by atoms with Crippen LogP contribution in [0.25, 0.3) is 10.8 Å². The number of fused-ring (bicyclic) bond motifs is 1. The zero-order chi connectivity index (χ0) is 18.9. The van der Waals surface area contributed by atoms with E-state index < -0.39 is 24.5 Å². The lowest BCUT2D eigenvalue weighted by molar-refractivity contribution is -0.138. The maximum Gasteiger partial charge on any atom is 0.322 e. The molecule has 0 radical (unpaired) electrons. The Hall–Kier alpha value is -3.15. The Morgan fingerprint density at radius 1 is 1.12 bits per heavy atom. The Morgan fingerprint density at radius 2 is 1.85 bits per heavy atom. The fraction of sp³-hybridized carbons (Fsp3) is 0.250. The molecule has 0 saturated carbocycles. The fourth-order valence-corrected chi connectivity index (χ4v) is 2.69. The Bertz CT molecular complexity index is 811. The van der Waals surface area contributed by atoms with Gasteiger partial charge < -0.3 is 15.7 Å². The largest absolute Gasteiger partial charge is 0.480 e. The van der Waals surface area contributed by atoms with Gasteiger partial charge in [0.1, 0.15) is 12.6 Å². The molecule has 2 amide bonds. The minimum atomic E-state index is -1.14. The van der Waals surface area contributed by atoms with E-state index in [4.69, 9.17) is 5.11 Å². The van der Waals surface area contributed by atoms with E-state index in [9.17, 15) is 14.4 Å². The Kier molecular flexibility index (Phi) is 6.91. The normalized spacial score (nSPS) is 11.5. The molecule has 0 bridgehead atoms. The average molecular weight is 354 g/mol. The molecule has 0 aliphatic heterocycles. The number of rotatable bonds is 9. The van der Waals surface area contributed by atoms with E-state index in [1.807, 2.05) is 42.5 Å². The van der Waals surface area contributed by atoms with Crippen LogP contribution in [0.15, 0.2) is 55.1 Å². The molecule has 26 heavy (non-hydrogen) atoms. The molecule has 6 nitrogen and oxygen atoms in total. The van der Waals surface area contributed by atoms with Crippen LogP contribution in [-0.2, 0) is 20.8 Å². The van der Waals surface area contributed by atoms with Gasteiger partial charge in [0.25, 0.3) is 0 Å². The van der Waals surface area contributed by atoms with Gasteiger partial charge >= 0.3 is 5.97 Å². The SMILES string of the molecule is C=CCCC(=O)N[C@@H](Cc1cccc2ccccc12)C(=O)NCC(=O)O. The summed E-state index contributed by atoms with van der Waals surface area (Å²) in [6.45, 7) is 3.08. The number of hydrogen-bond donors (Lipinski definition) is 3. The van der Waals surface area contributed by atoms with Crippen molar-refractivity contribution in [2.45, 2.75) is 25.3 Å². The molecule has 2 aromatic rings. The Balaban J connectivity index is 2.21. The monoisotopic (exact) mass is 354 g/mol. The van der Waals surface area contributed by atoms with Crippen molar-refractivity contribution in [1.29, 1.82) is 0 Å². The van der Waals surface area contributed by atoms with Crippen molar-refractivity contribution in [2.75, 3.05) is 6.54 Å². The van der Waals surface area contributed by atoms with Crippen LogP contribution in [0.4, 0.5) is 0 Å². The quantitative estimate of drug-likeness (QED) is 0.601. The Labute approximate surface area is 151 Å². The van der Waals surface area contributed by atoms with Crippen molar-refractivity contribution >= 4 is 28.6 Å². The molecule has 0 fully saturated rings. The van der Waals surface area contributed by atoms with Gasteiger partial charge in [-0.25, -0.2) is 0 Å². The summed E-state index contributed by atoms with van der Waals surface area (Å²) in [6, 6.07) is 12.7. The highest BCUT2D eigenvalue weighted by Crippen LogP contribution is 2.20. The summed E-state index contributed by atoms with van der Waals surface area (Å²) >= 11 is 0. The van der Waals surface area contributed by atoms with E-state index in [-0.39, 0.29) is 18.7 Å². The van der Waals surface area contributed by atoms with Crippen molar-refractivity contribution in [1.82, 2.24) is 10.6 Å². The van der Waals surface area contributed by atoms with Gasteiger partial charge in [0.05, 0.1) is 0 Å². The molecule has 0 aromatic heterocycles. The molecule has 1 atom stereocenters. The predicted molar refractivity (Wildman–Crippen MR) is 99.7 cm³/mol. The molecule has 0 unspecified atom stereocenters. The summed E-state index contributed by atoms with van der Waals surface area (Å²) in [5.74, 6) is -1.94. The standard InChI is InChI=1S/C20H22N2O4/c1-2-3-11-18(23)22-17(20(26)21-13-19(24)25)12-15-9-6-8-14-7-4-5-10-16(14)15/h2,4-10,17H,1,3,11-13H2,(H,21,26)(H,22,23)(H,24,25)/t17-/m0/s1. The van der Waals surface area contributed by atoms with Gasteiger partial charge in [0.15, 0.2) is 0 Å². The zero-order valence-corrected chi connectivity index (χ0v) is 14.4. The summed E-state index contributed by atoms with van der Waals surface area (Å²) < 4.78 is 0. The van der Waals surface area contributed by atoms with Crippen LogP contribution in [0.5, 0.6) is 0 Å². The number of carboxylic acids is 1. The molecule has 0 aliphatic carbocycles. The molecule has 0 aliphatic rings. The van der Waals surface area contributed by atoms with Gasteiger partial charge in [-0.3, -0.25) is 14.4 Å². The van der Waals surface area contributed by atoms with E-state index in [1.165, 1.54) is 0 Å².